The Bertz CT molecular complexity index is 616. The SMILES string of the molecule is CN(C)CCOC(=O)/C=C\c1ccc(-c2ccccc2)cc1. The van der Waals surface area contributed by atoms with Crippen LogP contribution in [-0.2, 0) is 9.53 Å². The molecule has 0 N–H and O–H groups in total. The van der Waals surface area contributed by atoms with Gasteiger partial charge in [-0.15, -0.1) is 0 Å². The Hall–Kier alpha value is -2.39. The average molecular weight is 295 g/mol. The van der Waals surface area contributed by atoms with Crippen molar-refractivity contribution >= 4 is 12.0 Å². The third-order valence-corrected chi connectivity index (χ3v) is 3.21. The summed E-state index contributed by atoms with van der Waals surface area (Å²) < 4.78 is 5.10. The second kappa shape index (κ2) is 8.15. The van der Waals surface area contributed by atoms with Gasteiger partial charge in [0.25, 0.3) is 0 Å². The van der Waals surface area contributed by atoms with Crippen molar-refractivity contribution in [2.75, 3.05) is 27.2 Å². The highest BCUT2D eigenvalue weighted by Crippen LogP contribution is 2.19. The Balaban J connectivity index is 1.91. The van der Waals surface area contributed by atoms with E-state index in [4.69, 9.17) is 4.74 Å². The summed E-state index contributed by atoms with van der Waals surface area (Å²) in [5.41, 5.74) is 3.32. The van der Waals surface area contributed by atoms with Crippen molar-refractivity contribution < 1.29 is 9.53 Å². The van der Waals surface area contributed by atoms with Crippen molar-refractivity contribution in [2.45, 2.75) is 0 Å². The van der Waals surface area contributed by atoms with Crippen molar-refractivity contribution in [3.05, 3.63) is 66.2 Å². The van der Waals surface area contributed by atoms with E-state index in [0.717, 1.165) is 17.7 Å². The highest BCUT2D eigenvalue weighted by atomic mass is 16.5. The number of hydrogen-bond donors (Lipinski definition) is 0. The molecule has 0 aliphatic heterocycles. The van der Waals surface area contributed by atoms with Crippen LogP contribution in [-0.4, -0.2) is 38.1 Å². The molecule has 0 unspecified atom stereocenters. The Labute approximate surface area is 131 Å². The van der Waals surface area contributed by atoms with Crippen LogP contribution in [0.15, 0.2) is 60.7 Å². The largest absolute Gasteiger partial charge is 0.461 e. The minimum Gasteiger partial charge on any atom is -0.461 e. The van der Waals surface area contributed by atoms with Crippen LogP contribution >= 0.6 is 0 Å². The van der Waals surface area contributed by atoms with Crippen LogP contribution in [0.2, 0.25) is 0 Å². The van der Waals surface area contributed by atoms with E-state index in [2.05, 4.69) is 12.1 Å². The number of rotatable bonds is 6. The molecule has 22 heavy (non-hydrogen) atoms. The molecule has 0 saturated carbocycles. The van der Waals surface area contributed by atoms with Gasteiger partial charge in [0.1, 0.15) is 6.61 Å². The van der Waals surface area contributed by atoms with Crippen molar-refractivity contribution in [1.29, 1.82) is 0 Å². The molecule has 0 bridgehead atoms. The van der Waals surface area contributed by atoms with Crippen LogP contribution in [0.1, 0.15) is 5.56 Å². The molecule has 0 saturated heterocycles. The predicted octanol–water partition coefficient (Wildman–Crippen LogP) is 3.47. The molecule has 0 amide bonds. The second-order valence-corrected chi connectivity index (χ2v) is 5.29. The molecule has 3 heteroatoms. The van der Waals surface area contributed by atoms with Gasteiger partial charge < -0.3 is 9.64 Å². The second-order valence-electron chi connectivity index (χ2n) is 5.29. The number of ether oxygens (including phenoxy) is 1. The van der Waals surface area contributed by atoms with Gasteiger partial charge in [-0.3, -0.25) is 0 Å². The average Bonchev–Trinajstić information content (AvgIpc) is 2.54. The molecule has 0 heterocycles. The van der Waals surface area contributed by atoms with Crippen LogP contribution in [0, 0.1) is 0 Å². The maximum atomic E-state index is 11.6. The first kappa shape index (κ1) is 16.0. The topological polar surface area (TPSA) is 29.5 Å². The van der Waals surface area contributed by atoms with Gasteiger partial charge in [0.2, 0.25) is 0 Å². The molecular formula is C19H21NO2. The number of carbonyl (C=O) groups excluding carboxylic acids is 1. The number of carbonyl (C=O) groups is 1. The Morgan fingerprint density at radius 1 is 1.00 bits per heavy atom. The zero-order valence-electron chi connectivity index (χ0n) is 13.0. The summed E-state index contributed by atoms with van der Waals surface area (Å²) in [5.74, 6) is -0.311. The molecule has 0 aliphatic rings. The van der Waals surface area contributed by atoms with Gasteiger partial charge in [-0.1, -0.05) is 54.6 Å². The zero-order chi connectivity index (χ0) is 15.8. The standard InChI is InChI=1S/C19H21NO2/c1-20(2)14-15-22-19(21)13-10-16-8-11-18(12-9-16)17-6-4-3-5-7-17/h3-13H,14-15H2,1-2H3/b13-10-. The van der Waals surface area contributed by atoms with Gasteiger partial charge >= 0.3 is 5.97 Å². The molecule has 0 aliphatic carbocycles. The van der Waals surface area contributed by atoms with Gasteiger partial charge in [-0.2, -0.15) is 0 Å². The first-order valence-corrected chi connectivity index (χ1v) is 7.30. The normalized spacial score (nSPS) is 11.0. The van der Waals surface area contributed by atoms with E-state index < -0.39 is 0 Å². The fraction of sp³-hybridized carbons (Fsp3) is 0.211. The van der Waals surface area contributed by atoms with E-state index in [1.165, 1.54) is 11.6 Å². The summed E-state index contributed by atoms with van der Waals surface area (Å²) in [5, 5.41) is 0. The van der Waals surface area contributed by atoms with Crippen molar-refractivity contribution in [1.82, 2.24) is 4.90 Å². The highest BCUT2D eigenvalue weighted by molar-refractivity contribution is 5.87. The highest BCUT2D eigenvalue weighted by Gasteiger charge is 1.99. The quantitative estimate of drug-likeness (QED) is 0.603. The van der Waals surface area contributed by atoms with Gasteiger partial charge in [-0.05, 0) is 36.9 Å². The zero-order valence-corrected chi connectivity index (χ0v) is 13.0. The van der Waals surface area contributed by atoms with Gasteiger partial charge in [0.05, 0.1) is 0 Å². The molecule has 2 rings (SSSR count). The third kappa shape index (κ3) is 5.19. The molecule has 0 fully saturated rings. The lowest BCUT2D eigenvalue weighted by atomic mass is 10.0. The number of nitrogens with zero attached hydrogens (tertiary/aromatic N) is 1. The summed E-state index contributed by atoms with van der Waals surface area (Å²) in [6.07, 6.45) is 3.24. The monoisotopic (exact) mass is 295 g/mol. The summed E-state index contributed by atoms with van der Waals surface area (Å²) >= 11 is 0. The lowest BCUT2D eigenvalue weighted by Gasteiger charge is -2.08. The maximum absolute atomic E-state index is 11.6. The Morgan fingerprint density at radius 3 is 2.27 bits per heavy atom. The first-order valence-electron chi connectivity index (χ1n) is 7.30. The molecule has 3 nitrogen and oxygen atoms in total. The first-order chi connectivity index (χ1) is 10.6. The summed E-state index contributed by atoms with van der Waals surface area (Å²) in [6, 6.07) is 18.3. The molecule has 0 radical (unpaired) electrons. The van der Waals surface area contributed by atoms with Crippen LogP contribution in [0.5, 0.6) is 0 Å². The van der Waals surface area contributed by atoms with E-state index in [1.54, 1.807) is 6.08 Å². The molecule has 2 aromatic rings. The maximum Gasteiger partial charge on any atom is 0.330 e. The molecule has 0 atom stereocenters. The fourth-order valence-corrected chi connectivity index (χ4v) is 1.96. The summed E-state index contributed by atoms with van der Waals surface area (Å²) in [7, 11) is 3.88. The lowest BCUT2D eigenvalue weighted by molar-refractivity contribution is -0.137. The molecule has 2 aromatic carbocycles. The number of esters is 1. The van der Waals surface area contributed by atoms with Gasteiger partial charge in [-0.25, -0.2) is 4.79 Å². The molecule has 0 spiro atoms. The van der Waals surface area contributed by atoms with E-state index in [1.807, 2.05) is 61.5 Å². The number of benzene rings is 2. The fourth-order valence-electron chi connectivity index (χ4n) is 1.96. The Morgan fingerprint density at radius 2 is 1.64 bits per heavy atom. The lowest BCUT2D eigenvalue weighted by Crippen LogP contribution is -2.19. The smallest absolute Gasteiger partial charge is 0.330 e. The van der Waals surface area contributed by atoms with E-state index in [-0.39, 0.29) is 5.97 Å². The van der Waals surface area contributed by atoms with Crippen LogP contribution < -0.4 is 0 Å². The van der Waals surface area contributed by atoms with E-state index in [0.29, 0.717) is 6.61 Å². The van der Waals surface area contributed by atoms with Gasteiger partial charge in [0.15, 0.2) is 0 Å². The third-order valence-electron chi connectivity index (χ3n) is 3.21. The summed E-state index contributed by atoms with van der Waals surface area (Å²) in [6.45, 7) is 1.13. The predicted molar refractivity (Wildman–Crippen MR) is 90.4 cm³/mol. The van der Waals surface area contributed by atoms with E-state index in [9.17, 15) is 4.79 Å². The number of hydrogen-bond acceptors (Lipinski definition) is 3. The van der Waals surface area contributed by atoms with Gasteiger partial charge in [0, 0.05) is 12.6 Å². The minimum absolute atomic E-state index is 0.311. The van der Waals surface area contributed by atoms with Crippen LogP contribution in [0.25, 0.3) is 17.2 Å². The minimum atomic E-state index is -0.311. The molecule has 114 valence electrons. The van der Waals surface area contributed by atoms with Crippen molar-refractivity contribution in [3.63, 3.8) is 0 Å². The molecule has 0 aromatic heterocycles. The van der Waals surface area contributed by atoms with Crippen molar-refractivity contribution in [2.24, 2.45) is 0 Å². The molecular weight excluding hydrogens is 274 g/mol. The van der Waals surface area contributed by atoms with E-state index >= 15 is 0 Å². The van der Waals surface area contributed by atoms with Crippen LogP contribution in [0.4, 0.5) is 0 Å². The van der Waals surface area contributed by atoms with Crippen LogP contribution in [0.3, 0.4) is 0 Å². The van der Waals surface area contributed by atoms with Crippen molar-refractivity contribution in [3.8, 4) is 11.1 Å². The number of likely N-dealkylation sites (N-methyl/N-ethyl adjacent to an activating group) is 1. The Kier molecular flexibility index (Phi) is 5.92. The summed E-state index contributed by atoms with van der Waals surface area (Å²) in [4.78, 5) is 13.5.